The fourth-order valence-corrected chi connectivity index (χ4v) is 2.39. The maximum absolute atomic E-state index is 9.66. The highest BCUT2D eigenvalue weighted by atomic mass is 16.3. The zero-order valence-electron chi connectivity index (χ0n) is 10.6. The van der Waals surface area contributed by atoms with Crippen molar-refractivity contribution in [1.82, 2.24) is 5.32 Å². The molecule has 0 saturated heterocycles. The van der Waals surface area contributed by atoms with E-state index in [0.717, 1.165) is 5.92 Å². The first kappa shape index (κ1) is 13.0. The third-order valence-electron chi connectivity index (χ3n) is 3.46. The summed E-state index contributed by atoms with van der Waals surface area (Å²) in [5.41, 5.74) is -0.584. The Morgan fingerprint density at radius 2 is 1.73 bits per heavy atom. The fraction of sp³-hybridized carbons (Fsp3) is 1.00. The van der Waals surface area contributed by atoms with Crippen molar-refractivity contribution in [3.05, 3.63) is 0 Å². The van der Waals surface area contributed by atoms with E-state index in [1.807, 2.05) is 13.8 Å². The summed E-state index contributed by atoms with van der Waals surface area (Å²) >= 11 is 0. The number of rotatable bonds is 4. The average molecular weight is 213 g/mol. The minimum Gasteiger partial charge on any atom is -0.389 e. The highest BCUT2D eigenvalue weighted by molar-refractivity contribution is 4.78. The van der Waals surface area contributed by atoms with Gasteiger partial charge in [0, 0.05) is 12.6 Å². The molecule has 1 saturated carbocycles. The van der Waals surface area contributed by atoms with Crippen molar-refractivity contribution in [3.63, 3.8) is 0 Å². The van der Waals surface area contributed by atoms with Crippen molar-refractivity contribution in [2.75, 3.05) is 6.54 Å². The molecule has 0 amide bonds. The SMILES string of the molecule is C[C@@H](NCC(C)(C)O)C1CCCCCC1. The molecule has 2 nitrogen and oxygen atoms in total. The van der Waals surface area contributed by atoms with Crippen LogP contribution in [0.3, 0.4) is 0 Å². The highest BCUT2D eigenvalue weighted by Crippen LogP contribution is 2.25. The maximum atomic E-state index is 9.66. The maximum Gasteiger partial charge on any atom is 0.0715 e. The predicted octanol–water partition coefficient (Wildman–Crippen LogP) is 2.71. The second-order valence-electron chi connectivity index (χ2n) is 5.73. The zero-order chi connectivity index (χ0) is 11.3. The molecule has 0 heterocycles. The molecule has 1 rings (SSSR count). The molecule has 2 heteroatoms. The third kappa shape index (κ3) is 5.53. The molecule has 0 bridgehead atoms. The van der Waals surface area contributed by atoms with Crippen LogP contribution in [0.5, 0.6) is 0 Å². The Labute approximate surface area is 94.5 Å². The van der Waals surface area contributed by atoms with E-state index in [1.165, 1.54) is 38.5 Å². The van der Waals surface area contributed by atoms with Gasteiger partial charge < -0.3 is 10.4 Å². The molecule has 0 aromatic rings. The van der Waals surface area contributed by atoms with E-state index in [-0.39, 0.29) is 0 Å². The van der Waals surface area contributed by atoms with Crippen molar-refractivity contribution in [2.45, 2.75) is 70.9 Å². The molecular weight excluding hydrogens is 186 g/mol. The lowest BCUT2D eigenvalue weighted by Gasteiger charge is -2.27. The van der Waals surface area contributed by atoms with E-state index in [0.29, 0.717) is 12.6 Å². The van der Waals surface area contributed by atoms with Crippen molar-refractivity contribution in [2.24, 2.45) is 5.92 Å². The Morgan fingerprint density at radius 3 is 2.20 bits per heavy atom. The lowest BCUT2D eigenvalue weighted by molar-refractivity contribution is 0.0738. The van der Waals surface area contributed by atoms with Crippen LogP contribution in [0.25, 0.3) is 0 Å². The summed E-state index contributed by atoms with van der Waals surface area (Å²) in [4.78, 5) is 0. The Balaban J connectivity index is 2.28. The minimum atomic E-state index is -0.584. The van der Waals surface area contributed by atoms with Crippen LogP contribution in [0.15, 0.2) is 0 Å². The molecule has 0 aromatic heterocycles. The Kier molecular flexibility index (Phi) is 5.07. The van der Waals surface area contributed by atoms with Crippen LogP contribution in [-0.4, -0.2) is 23.3 Å². The topological polar surface area (TPSA) is 32.3 Å². The van der Waals surface area contributed by atoms with Gasteiger partial charge in [0.25, 0.3) is 0 Å². The van der Waals surface area contributed by atoms with E-state index < -0.39 is 5.60 Å². The first-order chi connectivity index (χ1) is 6.99. The molecule has 1 aliphatic rings. The van der Waals surface area contributed by atoms with Crippen molar-refractivity contribution in [1.29, 1.82) is 0 Å². The Bertz CT molecular complexity index is 166. The van der Waals surface area contributed by atoms with Crippen LogP contribution in [0.4, 0.5) is 0 Å². The van der Waals surface area contributed by atoms with Gasteiger partial charge in [0.05, 0.1) is 5.60 Å². The van der Waals surface area contributed by atoms with Gasteiger partial charge in [0.1, 0.15) is 0 Å². The lowest BCUT2D eigenvalue weighted by Crippen LogP contribution is -2.42. The summed E-state index contributed by atoms with van der Waals surface area (Å²) < 4.78 is 0. The molecule has 1 atom stereocenters. The van der Waals surface area contributed by atoms with Gasteiger partial charge in [-0.3, -0.25) is 0 Å². The zero-order valence-corrected chi connectivity index (χ0v) is 10.6. The monoisotopic (exact) mass is 213 g/mol. The van der Waals surface area contributed by atoms with Crippen LogP contribution in [0, 0.1) is 5.92 Å². The van der Waals surface area contributed by atoms with E-state index >= 15 is 0 Å². The summed E-state index contributed by atoms with van der Waals surface area (Å²) in [6.45, 7) is 6.69. The van der Waals surface area contributed by atoms with Gasteiger partial charge in [-0.2, -0.15) is 0 Å². The number of hydrogen-bond donors (Lipinski definition) is 2. The van der Waals surface area contributed by atoms with Crippen LogP contribution in [0.1, 0.15) is 59.3 Å². The normalized spacial score (nSPS) is 22.4. The quantitative estimate of drug-likeness (QED) is 0.704. The molecule has 0 unspecified atom stereocenters. The van der Waals surface area contributed by atoms with Crippen LogP contribution < -0.4 is 5.32 Å². The van der Waals surface area contributed by atoms with E-state index in [2.05, 4.69) is 12.2 Å². The van der Waals surface area contributed by atoms with Gasteiger partial charge in [-0.25, -0.2) is 0 Å². The smallest absolute Gasteiger partial charge is 0.0715 e. The van der Waals surface area contributed by atoms with Gasteiger partial charge in [0.2, 0.25) is 0 Å². The van der Waals surface area contributed by atoms with Crippen molar-refractivity contribution < 1.29 is 5.11 Å². The fourth-order valence-electron chi connectivity index (χ4n) is 2.39. The van der Waals surface area contributed by atoms with Gasteiger partial charge in [-0.1, -0.05) is 25.7 Å². The largest absolute Gasteiger partial charge is 0.389 e. The molecule has 2 N–H and O–H groups in total. The second-order valence-corrected chi connectivity index (χ2v) is 5.73. The standard InChI is InChI=1S/C13H27NO/c1-11(14-10-13(2,3)15)12-8-6-4-5-7-9-12/h11-12,14-15H,4-10H2,1-3H3/t11-/m1/s1. The van der Waals surface area contributed by atoms with Crippen molar-refractivity contribution >= 4 is 0 Å². The molecule has 0 radical (unpaired) electrons. The summed E-state index contributed by atoms with van der Waals surface area (Å²) in [5, 5.41) is 13.1. The third-order valence-corrected chi connectivity index (χ3v) is 3.46. The molecule has 0 aliphatic heterocycles. The summed E-state index contributed by atoms with van der Waals surface area (Å²) in [5.74, 6) is 0.815. The molecule has 1 fully saturated rings. The average Bonchev–Trinajstić information content (AvgIpc) is 2.41. The predicted molar refractivity (Wildman–Crippen MR) is 65.0 cm³/mol. The number of aliphatic hydroxyl groups is 1. The molecule has 15 heavy (non-hydrogen) atoms. The molecule has 90 valence electrons. The van der Waals surface area contributed by atoms with Gasteiger partial charge in [0.15, 0.2) is 0 Å². The van der Waals surface area contributed by atoms with Gasteiger partial charge in [-0.05, 0) is 39.5 Å². The van der Waals surface area contributed by atoms with E-state index in [1.54, 1.807) is 0 Å². The van der Waals surface area contributed by atoms with Crippen LogP contribution in [-0.2, 0) is 0 Å². The summed E-state index contributed by atoms with van der Waals surface area (Å²) in [6, 6.07) is 0.550. The number of hydrogen-bond acceptors (Lipinski definition) is 2. The summed E-state index contributed by atoms with van der Waals surface area (Å²) in [7, 11) is 0. The molecule has 0 spiro atoms. The second kappa shape index (κ2) is 5.86. The Hall–Kier alpha value is -0.0800. The van der Waals surface area contributed by atoms with Crippen molar-refractivity contribution in [3.8, 4) is 0 Å². The molecule has 1 aliphatic carbocycles. The first-order valence-corrected chi connectivity index (χ1v) is 6.45. The van der Waals surface area contributed by atoms with Crippen LogP contribution >= 0.6 is 0 Å². The number of nitrogens with one attached hydrogen (secondary N) is 1. The lowest BCUT2D eigenvalue weighted by atomic mass is 9.92. The first-order valence-electron chi connectivity index (χ1n) is 6.45. The minimum absolute atomic E-state index is 0.550. The summed E-state index contributed by atoms with van der Waals surface area (Å²) in [6.07, 6.45) is 8.32. The van der Waals surface area contributed by atoms with Gasteiger partial charge in [-0.15, -0.1) is 0 Å². The molecular formula is C13H27NO. The van der Waals surface area contributed by atoms with E-state index in [4.69, 9.17) is 0 Å². The molecule has 0 aromatic carbocycles. The van der Waals surface area contributed by atoms with Gasteiger partial charge >= 0.3 is 0 Å². The Morgan fingerprint density at radius 1 is 1.20 bits per heavy atom. The highest BCUT2D eigenvalue weighted by Gasteiger charge is 2.21. The van der Waals surface area contributed by atoms with E-state index in [9.17, 15) is 5.11 Å². The van der Waals surface area contributed by atoms with Crippen LogP contribution in [0.2, 0.25) is 0 Å².